The molecule has 1 aliphatic rings. The number of aliphatic hydroxyl groups excluding tert-OH is 1. The first-order chi connectivity index (χ1) is 8.86. The molecule has 2 rings (SSSR count). The lowest BCUT2D eigenvalue weighted by Crippen LogP contribution is -2.28. The summed E-state index contributed by atoms with van der Waals surface area (Å²) in [6.45, 7) is 0. The van der Waals surface area contributed by atoms with Gasteiger partial charge in [-0.3, -0.25) is 0 Å². The van der Waals surface area contributed by atoms with E-state index < -0.39 is 11.7 Å². The molecule has 1 aromatic carbocycles. The van der Waals surface area contributed by atoms with Crippen LogP contribution < -0.4 is 5.32 Å². The van der Waals surface area contributed by atoms with E-state index in [1.807, 2.05) is 0 Å². The molecule has 1 saturated carbocycles. The lowest BCUT2D eigenvalue weighted by molar-refractivity contribution is -0.137. The maximum Gasteiger partial charge on any atom is 0.417 e. The van der Waals surface area contributed by atoms with E-state index in [0.717, 1.165) is 18.9 Å². The highest BCUT2D eigenvalue weighted by Crippen LogP contribution is 2.36. The van der Waals surface area contributed by atoms with Crippen molar-refractivity contribution in [2.24, 2.45) is 0 Å². The first-order valence-electron chi connectivity index (χ1n) is 6.17. The lowest BCUT2D eigenvalue weighted by atomic mass is 9.93. The summed E-state index contributed by atoms with van der Waals surface area (Å²) in [7, 11) is 0. The maximum absolute atomic E-state index is 12.7. The van der Waals surface area contributed by atoms with E-state index in [1.165, 1.54) is 6.07 Å². The Balaban J connectivity index is 2.09. The summed E-state index contributed by atoms with van der Waals surface area (Å²) in [5.74, 6) is 0. The van der Waals surface area contributed by atoms with E-state index in [0.29, 0.717) is 18.5 Å². The van der Waals surface area contributed by atoms with Crippen LogP contribution in [0.3, 0.4) is 0 Å². The van der Waals surface area contributed by atoms with Crippen molar-refractivity contribution in [3.63, 3.8) is 0 Å². The average molecular weight is 294 g/mol. The molecule has 0 aromatic heterocycles. The first-order valence-corrected chi connectivity index (χ1v) is 6.55. The Morgan fingerprint density at radius 2 is 1.79 bits per heavy atom. The van der Waals surface area contributed by atoms with Crippen LogP contribution in [0, 0.1) is 0 Å². The smallest absolute Gasteiger partial charge is 0.393 e. The molecule has 0 atom stereocenters. The predicted molar refractivity (Wildman–Crippen MR) is 68.3 cm³/mol. The largest absolute Gasteiger partial charge is 0.417 e. The molecular formula is C13H15ClF3NO. The molecule has 0 bridgehead atoms. The highest BCUT2D eigenvalue weighted by Gasteiger charge is 2.33. The maximum atomic E-state index is 12.7. The fraction of sp³-hybridized carbons (Fsp3) is 0.538. The number of aliphatic hydroxyl groups is 1. The molecule has 1 aromatic rings. The molecule has 0 spiro atoms. The number of hydrogen-bond donors (Lipinski definition) is 2. The van der Waals surface area contributed by atoms with Crippen molar-refractivity contribution in [3.05, 3.63) is 28.8 Å². The predicted octanol–water partition coefficient (Wildman–Crippen LogP) is 4.07. The van der Waals surface area contributed by atoms with Crippen LogP contribution in [-0.4, -0.2) is 17.3 Å². The van der Waals surface area contributed by atoms with Crippen molar-refractivity contribution >= 4 is 17.3 Å². The molecule has 0 heterocycles. The van der Waals surface area contributed by atoms with E-state index in [2.05, 4.69) is 5.32 Å². The topological polar surface area (TPSA) is 32.3 Å². The van der Waals surface area contributed by atoms with Crippen molar-refractivity contribution < 1.29 is 18.3 Å². The summed E-state index contributed by atoms with van der Waals surface area (Å²) in [6, 6.07) is 3.94. The molecule has 2 N–H and O–H groups in total. The molecule has 0 aliphatic heterocycles. The van der Waals surface area contributed by atoms with E-state index in [9.17, 15) is 18.3 Å². The van der Waals surface area contributed by atoms with Gasteiger partial charge in [-0.15, -0.1) is 0 Å². The standard InChI is InChI=1S/C13H15ClF3NO/c14-12-6-3-9(7-11(12)13(15,16)17)18-8-1-4-10(19)5-2-8/h3,6-8,10,18-19H,1-2,4-5H2/t8-,10-. The normalized spacial score (nSPS) is 24.3. The highest BCUT2D eigenvalue weighted by atomic mass is 35.5. The Labute approximate surface area is 114 Å². The van der Waals surface area contributed by atoms with Crippen LogP contribution in [-0.2, 0) is 6.18 Å². The molecule has 0 saturated heterocycles. The lowest BCUT2D eigenvalue weighted by Gasteiger charge is -2.27. The van der Waals surface area contributed by atoms with Crippen LogP contribution >= 0.6 is 11.6 Å². The van der Waals surface area contributed by atoms with Crippen LogP contribution in [0.2, 0.25) is 5.02 Å². The Hall–Kier alpha value is -0.940. The minimum Gasteiger partial charge on any atom is -0.393 e. The zero-order chi connectivity index (χ0) is 14.0. The number of anilines is 1. The van der Waals surface area contributed by atoms with E-state index in [4.69, 9.17) is 11.6 Å². The number of rotatable bonds is 2. The van der Waals surface area contributed by atoms with Gasteiger partial charge in [0, 0.05) is 11.7 Å². The number of benzene rings is 1. The summed E-state index contributed by atoms with van der Waals surface area (Å²) in [6.07, 6.45) is -1.86. The molecule has 1 fully saturated rings. The Kier molecular flexibility index (Phi) is 4.26. The van der Waals surface area contributed by atoms with Gasteiger partial charge in [0.1, 0.15) is 0 Å². The molecule has 1 aliphatic carbocycles. The number of alkyl halides is 3. The van der Waals surface area contributed by atoms with Crippen molar-refractivity contribution in [1.29, 1.82) is 0 Å². The van der Waals surface area contributed by atoms with Gasteiger partial charge in [0.05, 0.1) is 16.7 Å². The molecule has 0 unspecified atom stereocenters. The van der Waals surface area contributed by atoms with Crippen LogP contribution in [0.4, 0.5) is 18.9 Å². The fourth-order valence-electron chi connectivity index (χ4n) is 2.29. The zero-order valence-corrected chi connectivity index (χ0v) is 10.9. The van der Waals surface area contributed by atoms with Gasteiger partial charge in [-0.25, -0.2) is 0 Å². The minimum atomic E-state index is -4.45. The molecule has 6 heteroatoms. The van der Waals surface area contributed by atoms with E-state index in [-0.39, 0.29) is 17.2 Å². The average Bonchev–Trinajstić information content (AvgIpc) is 2.33. The van der Waals surface area contributed by atoms with Gasteiger partial charge in [0.25, 0.3) is 0 Å². The number of halogens is 4. The van der Waals surface area contributed by atoms with Gasteiger partial charge in [-0.1, -0.05) is 11.6 Å². The van der Waals surface area contributed by atoms with Gasteiger partial charge < -0.3 is 10.4 Å². The van der Waals surface area contributed by atoms with Gasteiger partial charge in [-0.2, -0.15) is 13.2 Å². The van der Waals surface area contributed by atoms with E-state index in [1.54, 1.807) is 6.07 Å². The molecule has 106 valence electrons. The van der Waals surface area contributed by atoms with Crippen LogP contribution in [0.1, 0.15) is 31.2 Å². The molecule has 19 heavy (non-hydrogen) atoms. The fourth-order valence-corrected chi connectivity index (χ4v) is 2.51. The van der Waals surface area contributed by atoms with Crippen LogP contribution in [0.5, 0.6) is 0 Å². The van der Waals surface area contributed by atoms with Crippen molar-refractivity contribution in [3.8, 4) is 0 Å². The third kappa shape index (κ3) is 3.76. The summed E-state index contributed by atoms with van der Waals surface area (Å²) >= 11 is 5.56. The highest BCUT2D eigenvalue weighted by molar-refractivity contribution is 6.31. The monoisotopic (exact) mass is 293 g/mol. The Bertz CT molecular complexity index is 442. The summed E-state index contributed by atoms with van der Waals surface area (Å²) in [5.41, 5.74) is -0.409. The first kappa shape index (κ1) is 14.5. The second-order valence-electron chi connectivity index (χ2n) is 4.84. The third-order valence-electron chi connectivity index (χ3n) is 3.34. The van der Waals surface area contributed by atoms with Crippen LogP contribution in [0.25, 0.3) is 0 Å². The summed E-state index contributed by atoms with van der Waals surface area (Å²) in [4.78, 5) is 0. The van der Waals surface area contributed by atoms with Gasteiger partial charge in [-0.05, 0) is 43.9 Å². The number of nitrogens with one attached hydrogen (secondary N) is 1. The third-order valence-corrected chi connectivity index (χ3v) is 3.67. The summed E-state index contributed by atoms with van der Waals surface area (Å²) < 4.78 is 38.1. The SMILES string of the molecule is O[C@H]1CC[C@H](Nc2ccc(Cl)c(C(F)(F)F)c2)CC1. The second-order valence-corrected chi connectivity index (χ2v) is 5.25. The molecule has 0 radical (unpaired) electrons. The quantitative estimate of drug-likeness (QED) is 0.861. The van der Waals surface area contributed by atoms with E-state index >= 15 is 0 Å². The Morgan fingerprint density at radius 1 is 1.16 bits per heavy atom. The molecule has 0 amide bonds. The van der Waals surface area contributed by atoms with Crippen molar-refractivity contribution in [2.75, 3.05) is 5.32 Å². The Morgan fingerprint density at radius 3 is 2.37 bits per heavy atom. The molecular weight excluding hydrogens is 279 g/mol. The van der Waals surface area contributed by atoms with Gasteiger partial charge in [0.2, 0.25) is 0 Å². The molecule has 2 nitrogen and oxygen atoms in total. The summed E-state index contributed by atoms with van der Waals surface area (Å²) in [5, 5.41) is 12.2. The van der Waals surface area contributed by atoms with Crippen LogP contribution in [0.15, 0.2) is 18.2 Å². The second kappa shape index (κ2) is 5.59. The minimum absolute atomic E-state index is 0.102. The van der Waals surface area contributed by atoms with Gasteiger partial charge >= 0.3 is 6.18 Å². The van der Waals surface area contributed by atoms with Crippen molar-refractivity contribution in [1.82, 2.24) is 0 Å². The van der Waals surface area contributed by atoms with Crippen molar-refractivity contribution in [2.45, 2.75) is 44.0 Å². The number of hydrogen-bond acceptors (Lipinski definition) is 2. The van der Waals surface area contributed by atoms with Gasteiger partial charge in [0.15, 0.2) is 0 Å². The zero-order valence-electron chi connectivity index (χ0n) is 10.2.